The minimum absolute atomic E-state index is 0.0533. The molecule has 0 bridgehead atoms. The van der Waals surface area contributed by atoms with Crippen LogP contribution in [0.15, 0.2) is 41.2 Å². The van der Waals surface area contributed by atoms with Crippen molar-refractivity contribution >= 4 is 0 Å². The normalized spacial score (nSPS) is 13.7. The van der Waals surface area contributed by atoms with E-state index in [2.05, 4.69) is 6.07 Å². The molecule has 0 radical (unpaired) electrons. The van der Waals surface area contributed by atoms with Crippen molar-refractivity contribution in [3.8, 4) is 23.1 Å². The van der Waals surface area contributed by atoms with Crippen molar-refractivity contribution in [2.45, 2.75) is 25.3 Å². The molecule has 0 spiro atoms. The van der Waals surface area contributed by atoms with E-state index in [1.54, 1.807) is 13.2 Å². The quantitative estimate of drug-likeness (QED) is 0.865. The van der Waals surface area contributed by atoms with Gasteiger partial charge in [0.15, 0.2) is 0 Å². The molecule has 3 rings (SSSR count). The Morgan fingerprint density at radius 1 is 1.29 bits per heavy atom. The number of benzene rings is 1. The standard InChI is InChI=1S/C17H16N2O2/c1-21-16-5-3-2-4-14(16)15-9-6-12(10-11-18)17(20)19(15)13-7-8-13/h2-6,9,13H,7-8,10H2,1H3. The first kappa shape index (κ1) is 13.4. The number of aromatic nitrogens is 1. The number of hydrogen-bond acceptors (Lipinski definition) is 3. The van der Waals surface area contributed by atoms with Crippen molar-refractivity contribution in [3.05, 3.63) is 52.3 Å². The minimum Gasteiger partial charge on any atom is -0.496 e. The molecule has 1 saturated carbocycles. The first-order valence-electron chi connectivity index (χ1n) is 7.01. The van der Waals surface area contributed by atoms with Gasteiger partial charge in [-0.25, -0.2) is 0 Å². The second-order valence-electron chi connectivity index (χ2n) is 5.19. The fourth-order valence-electron chi connectivity index (χ4n) is 2.59. The molecular weight excluding hydrogens is 264 g/mol. The van der Waals surface area contributed by atoms with Gasteiger partial charge in [-0.3, -0.25) is 4.79 Å². The Morgan fingerprint density at radius 2 is 2.05 bits per heavy atom. The molecule has 1 aliphatic carbocycles. The lowest BCUT2D eigenvalue weighted by atomic mass is 10.1. The summed E-state index contributed by atoms with van der Waals surface area (Å²) in [6.45, 7) is 0. The summed E-state index contributed by atoms with van der Waals surface area (Å²) >= 11 is 0. The number of methoxy groups -OCH3 is 1. The molecule has 0 unspecified atom stereocenters. The van der Waals surface area contributed by atoms with E-state index >= 15 is 0 Å². The summed E-state index contributed by atoms with van der Waals surface area (Å²) < 4.78 is 7.23. The van der Waals surface area contributed by atoms with E-state index in [1.165, 1.54) is 0 Å². The maximum Gasteiger partial charge on any atom is 0.255 e. The Hall–Kier alpha value is -2.54. The predicted molar refractivity (Wildman–Crippen MR) is 80.3 cm³/mol. The van der Waals surface area contributed by atoms with Gasteiger partial charge < -0.3 is 9.30 Å². The zero-order valence-electron chi connectivity index (χ0n) is 11.9. The van der Waals surface area contributed by atoms with Crippen LogP contribution in [0, 0.1) is 11.3 Å². The molecule has 2 aromatic rings. The predicted octanol–water partition coefficient (Wildman–Crippen LogP) is 2.92. The van der Waals surface area contributed by atoms with Gasteiger partial charge in [-0.15, -0.1) is 0 Å². The molecule has 4 heteroatoms. The van der Waals surface area contributed by atoms with E-state index in [0.717, 1.165) is 29.8 Å². The number of ether oxygens (including phenoxy) is 1. The van der Waals surface area contributed by atoms with Crippen molar-refractivity contribution in [1.82, 2.24) is 4.57 Å². The molecular formula is C17H16N2O2. The van der Waals surface area contributed by atoms with Gasteiger partial charge in [0.05, 0.1) is 25.3 Å². The van der Waals surface area contributed by atoms with Crippen molar-refractivity contribution in [1.29, 1.82) is 5.26 Å². The summed E-state index contributed by atoms with van der Waals surface area (Å²) in [5, 5.41) is 8.84. The van der Waals surface area contributed by atoms with Crippen LogP contribution in [0.1, 0.15) is 24.4 Å². The first-order chi connectivity index (χ1) is 10.3. The zero-order valence-corrected chi connectivity index (χ0v) is 11.9. The third-order valence-electron chi connectivity index (χ3n) is 3.76. The minimum atomic E-state index is -0.0533. The molecule has 106 valence electrons. The SMILES string of the molecule is COc1ccccc1-c1ccc(CC#N)c(=O)n1C1CC1. The van der Waals surface area contributed by atoms with Crippen molar-refractivity contribution < 1.29 is 4.74 Å². The molecule has 0 amide bonds. The zero-order chi connectivity index (χ0) is 14.8. The number of pyridine rings is 1. The van der Waals surface area contributed by atoms with E-state index in [-0.39, 0.29) is 18.0 Å². The van der Waals surface area contributed by atoms with Crippen molar-refractivity contribution in [2.75, 3.05) is 7.11 Å². The lowest BCUT2D eigenvalue weighted by Gasteiger charge is -2.15. The average Bonchev–Trinajstić information content (AvgIpc) is 3.34. The second-order valence-corrected chi connectivity index (χ2v) is 5.19. The Balaban J connectivity index is 2.21. The smallest absolute Gasteiger partial charge is 0.255 e. The molecule has 21 heavy (non-hydrogen) atoms. The van der Waals surface area contributed by atoms with Crippen LogP contribution >= 0.6 is 0 Å². The largest absolute Gasteiger partial charge is 0.496 e. The maximum absolute atomic E-state index is 12.6. The molecule has 0 atom stereocenters. The fourth-order valence-corrected chi connectivity index (χ4v) is 2.59. The van der Waals surface area contributed by atoms with Crippen LogP contribution in [0.4, 0.5) is 0 Å². The van der Waals surface area contributed by atoms with Crippen LogP contribution in [0.3, 0.4) is 0 Å². The Morgan fingerprint density at radius 3 is 2.71 bits per heavy atom. The van der Waals surface area contributed by atoms with Gasteiger partial charge >= 0.3 is 0 Å². The fraction of sp³-hybridized carbons (Fsp3) is 0.294. The highest BCUT2D eigenvalue weighted by atomic mass is 16.5. The van der Waals surface area contributed by atoms with Gasteiger partial charge in [0, 0.05) is 17.2 Å². The van der Waals surface area contributed by atoms with E-state index < -0.39 is 0 Å². The van der Waals surface area contributed by atoms with Crippen molar-refractivity contribution in [2.24, 2.45) is 0 Å². The Kier molecular flexibility index (Phi) is 3.49. The van der Waals surface area contributed by atoms with Crippen LogP contribution in [0.25, 0.3) is 11.3 Å². The lowest BCUT2D eigenvalue weighted by molar-refractivity contribution is 0.416. The molecule has 0 N–H and O–H groups in total. The summed E-state index contributed by atoms with van der Waals surface area (Å²) in [4.78, 5) is 12.6. The second kappa shape index (κ2) is 5.45. The Labute approximate surface area is 123 Å². The van der Waals surface area contributed by atoms with Gasteiger partial charge in [-0.1, -0.05) is 18.2 Å². The Bertz CT molecular complexity index is 767. The molecule has 1 heterocycles. The van der Waals surface area contributed by atoms with Crippen LogP contribution < -0.4 is 10.3 Å². The molecule has 1 aromatic carbocycles. The molecule has 0 saturated heterocycles. The maximum atomic E-state index is 12.6. The number of nitriles is 1. The van der Waals surface area contributed by atoms with Gasteiger partial charge in [0.25, 0.3) is 5.56 Å². The number of nitrogens with zero attached hydrogens (tertiary/aromatic N) is 2. The molecule has 1 aliphatic rings. The van der Waals surface area contributed by atoms with Gasteiger partial charge in [-0.05, 0) is 31.0 Å². The van der Waals surface area contributed by atoms with Gasteiger partial charge in [-0.2, -0.15) is 5.26 Å². The summed E-state index contributed by atoms with van der Waals surface area (Å²) in [5.74, 6) is 0.749. The van der Waals surface area contributed by atoms with E-state index in [9.17, 15) is 4.79 Å². The third kappa shape index (κ3) is 2.43. The van der Waals surface area contributed by atoms with Crippen LogP contribution in [0.2, 0.25) is 0 Å². The van der Waals surface area contributed by atoms with Crippen LogP contribution in [-0.2, 0) is 6.42 Å². The highest BCUT2D eigenvalue weighted by Crippen LogP contribution is 2.39. The van der Waals surface area contributed by atoms with E-state index in [4.69, 9.17) is 10.00 Å². The van der Waals surface area contributed by atoms with E-state index in [1.807, 2.05) is 34.9 Å². The summed E-state index contributed by atoms with van der Waals surface area (Å²) in [6, 6.07) is 13.7. The van der Waals surface area contributed by atoms with E-state index in [0.29, 0.717) is 5.56 Å². The topological polar surface area (TPSA) is 55.0 Å². The lowest BCUT2D eigenvalue weighted by Crippen LogP contribution is -2.24. The molecule has 4 nitrogen and oxygen atoms in total. The highest BCUT2D eigenvalue weighted by molar-refractivity contribution is 5.68. The average molecular weight is 280 g/mol. The summed E-state index contributed by atoms with van der Waals surface area (Å²) in [5.41, 5.74) is 2.28. The van der Waals surface area contributed by atoms with Gasteiger partial charge in [0.1, 0.15) is 5.75 Å². The molecule has 0 aliphatic heterocycles. The molecule has 1 fully saturated rings. The summed E-state index contributed by atoms with van der Waals surface area (Å²) in [7, 11) is 1.63. The summed E-state index contributed by atoms with van der Waals surface area (Å²) in [6.07, 6.45) is 2.17. The van der Waals surface area contributed by atoms with Crippen LogP contribution in [-0.4, -0.2) is 11.7 Å². The van der Waals surface area contributed by atoms with Crippen molar-refractivity contribution in [3.63, 3.8) is 0 Å². The number of para-hydroxylation sites is 1. The monoisotopic (exact) mass is 280 g/mol. The van der Waals surface area contributed by atoms with Crippen LogP contribution in [0.5, 0.6) is 5.75 Å². The highest BCUT2D eigenvalue weighted by Gasteiger charge is 2.28. The third-order valence-corrected chi connectivity index (χ3v) is 3.76. The number of rotatable bonds is 4. The van der Waals surface area contributed by atoms with Gasteiger partial charge in [0.2, 0.25) is 0 Å². The number of hydrogen-bond donors (Lipinski definition) is 0. The molecule has 1 aromatic heterocycles. The first-order valence-corrected chi connectivity index (χ1v) is 7.01.